The summed E-state index contributed by atoms with van der Waals surface area (Å²) in [7, 11) is -3.84. The molecule has 2 rings (SSSR count). The molecule has 0 aliphatic heterocycles. The van der Waals surface area contributed by atoms with Gasteiger partial charge in [-0.3, -0.25) is 14.3 Å². The summed E-state index contributed by atoms with van der Waals surface area (Å²) in [5.41, 5.74) is 10.6. The SMILES string of the molecule is Cc1ccc(NS(=O)(=O)Cc2ccccc2I)c(=O)n1CC(=O)NCCON=C(N)N.O=C(O)C(F)(F)F. The number of nitrogens with one attached hydrogen (secondary N) is 2. The van der Waals surface area contributed by atoms with Crippen LogP contribution in [0.1, 0.15) is 11.3 Å². The Labute approximate surface area is 228 Å². The number of carbonyl (C=O) groups is 2. The van der Waals surface area contributed by atoms with E-state index in [9.17, 15) is 31.2 Å². The first kappa shape index (κ1) is 32.5. The molecule has 18 heteroatoms. The zero-order valence-corrected chi connectivity index (χ0v) is 22.6. The zero-order valence-electron chi connectivity index (χ0n) is 19.7. The second kappa shape index (κ2) is 14.4. The Morgan fingerprint density at radius 1 is 1.18 bits per heavy atom. The maximum Gasteiger partial charge on any atom is 0.490 e. The third-order valence-corrected chi connectivity index (χ3v) is 6.47. The van der Waals surface area contributed by atoms with Gasteiger partial charge >= 0.3 is 12.1 Å². The van der Waals surface area contributed by atoms with Crippen LogP contribution in [0.3, 0.4) is 0 Å². The molecule has 210 valence electrons. The summed E-state index contributed by atoms with van der Waals surface area (Å²) in [6.07, 6.45) is -5.08. The van der Waals surface area contributed by atoms with Crippen LogP contribution >= 0.6 is 22.6 Å². The molecule has 1 amide bonds. The molecule has 1 aromatic heterocycles. The number of amides is 1. The number of nitrogens with zero attached hydrogens (tertiary/aromatic N) is 2. The Bertz CT molecular complexity index is 1330. The molecule has 0 atom stereocenters. The minimum atomic E-state index is -5.08. The van der Waals surface area contributed by atoms with Crippen LogP contribution in [0.25, 0.3) is 0 Å². The van der Waals surface area contributed by atoms with Crippen molar-refractivity contribution in [1.82, 2.24) is 9.88 Å². The summed E-state index contributed by atoms with van der Waals surface area (Å²) in [6, 6.07) is 9.99. The lowest BCUT2D eigenvalue weighted by molar-refractivity contribution is -0.192. The van der Waals surface area contributed by atoms with Crippen molar-refractivity contribution in [2.24, 2.45) is 16.6 Å². The maximum absolute atomic E-state index is 12.8. The number of alkyl halides is 3. The lowest BCUT2D eigenvalue weighted by Gasteiger charge is -2.14. The van der Waals surface area contributed by atoms with E-state index in [0.29, 0.717) is 11.3 Å². The van der Waals surface area contributed by atoms with E-state index >= 15 is 0 Å². The molecule has 0 radical (unpaired) electrons. The van der Waals surface area contributed by atoms with Crippen LogP contribution in [-0.2, 0) is 36.7 Å². The van der Waals surface area contributed by atoms with Gasteiger partial charge in [-0.25, -0.2) is 13.2 Å². The van der Waals surface area contributed by atoms with Crippen molar-refractivity contribution in [3.8, 4) is 0 Å². The Morgan fingerprint density at radius 3 is 2.34 bits per heavy atom. The van der Waals surface area contributed by atoms with E-state index in [2.05, 4.69) is 15.2 Å². The number of anilines is 1. The molecule has 0 aliphatic carbocycles. The fourth-order valence-corrected chi connectivity index (χ4v) is 4.59. The van der Waals surface area contributed by atoms with E-state index in [4.69, 9.17) is 26.2 Å². The standard InChI is InChI=1S/C18H23IN6O5S.C2HF3O2/c1-12-6-7-15(24-31(28,29)11-13-4-2-3-5-14(13)19)17(27)25(12)10-16(26)22-8-9-30-23-18(20)21;3-2(4,5)1(6)7/h2-7,24H,8-11H2,1H3,(H,22,26)(H4,20,21,23);(H,6,7). The number of rotatable bonds is 10. The number of benzene rings is 1. The van der Waals surface area contributed by atoms with E-state index in [0.717, 1.165) is 3.57 Å². The molecule has 0 fully saturated rings. The number of nitrogens with two attached hydrogens (primary N) is 2. The molecule has 1 aromatic carbocycles. The number of guanidine groups is 1. The summed E-state index contributed by atoms with van der Waals surface area (Å²) < 4.78 is 61.1. The highest BCUT2D eigenvalue weighted by Crippen LogP contribution is 2.16. The molecule has 0 spiro atoms. The van der Waals surface area contributed by atoms with Gasteiger partial charge in [-0.2, -0.15) is 13.2 Å². The number of oxime groups is 1. The van der Waals surface area contributed by atoms with Crippen molar-refractivity contribution >= 4 is 56.1 Å². The van der Waals surface area contributed by atoms with Crippen LogP contribution in [0.15, 0.2) is 46.3 Å². The van der Waals surface area contributed by atoms with Crippen molar-refractivity contribution in [2.75, 3.05) is 17.9 Å². The van der Waals surface area contributed by atoms with Gasteiger partial charge in [0, 0.05) is 9.26 Å². The average Bonchev–Trinajstić information content (AvgIpc) is 2.79. The van der Waals surface area contributed by atoms with E-state index < -0.39 is 33.6 Å². The van der Waals surface area contributed by atoms with Gasteiger partial charge in [0.05, 0.1) is 12.3 Å². The number of sulfonamides is 1. The highest BCUT2D eigenvalue weighted by molar-refractivity contribution is 14.1. The number of carboxylic acid groups (broad SMARTS) is 1. The summed E-state index contributed by atoms with van der Waals surface area (Å²) in [5, 5.41) is 13.0. The van der Waals surface area contributed by atoms with Gasteiger partial charge in [0.2, 0.25) is 21.9 Å². The van der Waals surface area contributed by atoms with Gasteiger partial charge in [-0.1, -0.05) is 18.2 Å². The molecule has 7 N–H and O–H groups in total. The van der Waals surface area contributed by atoms with Crippen molar-refractivity contribution < 1.29 is 41.1 Å². The molecule has 0 aliphatic rings. The predicted octanol–water partition coefficient (Wildman–Crippen LogP) is 0.658. The number of aryl methyl sites for hydroxylation is 1. The number of aromatic nitrogens is 1. The van der Waals surface area contributed by atoms with Gasteiger partial charge in [-0.15, -0.1) is 0 Å². The summed E-state index contributed by atoms with van der Waals surface area (Å²) >= 11 is 2.05. The highest BCUT2D eigenvalue weighted by atomic mass is 127. The number of carboxylic acids is 1. The van der Waals surface area contributed by atoms with Crippen LogP contribution in [0, 0.1) is 10.5 Å². The highest BCUT2D eigenvalue weighted by Gasteiger charge is 2.38. The maximum atomic E-state index is 12.8. The fourth-order valence-electron chi connectivity index (χ4n) is 2.52. The van der Waals surface area contributed by atoms with E-state index in [1.165, 1.54) is 10.6 Å². The number of hydrogen-bond donors (Lipinski definition) is 5. The van der Waals surface area contributed by atoms with Gasteiger partial charge in [0.1, 0.15) is 18.8 Å². The van der Waals surface area contributed by atoms with E-state index in [1.54, 1.807) is 31.2 Å². The molecule has 38 heavy (non-hydrogen) atoms. The van der Waals surface area contributed by atoms with Crippen molar-refractivity contribution in [1.29, 1.82) is 0 Å². The van der Waals surface area contributed by atoms with Crippen molar-refractivity contribution in [2.45, 2.75) is 25.4 Å². The molecule has 1 heterocycles. The number of aliphatic carboxylic acids is 1. The monoisotopic (exact) mass is 676 g/mol. The van der Waals surface area contributed by atoms with Gasteiger partial charge in [0.15, 0.2) is 0 Å². The summed E-state index contributed by atoms with van der Waals surface area (Å²) in [5.74, 6) is -3.74. The van der Waals surface area contributed by atoms with Crippen LogP contribution in [0.4, 0.5) is 18.9 Å². The second-order valence-corrected chi connectivity index (χ2v) is 10.1. The van der Waals surface area contributed by atoms with Crippen LogP contribution in [-0.4, -0.2) is 55.3 Å². The molecule has 0 unspecified atom stereocenters. The summed E-state index contributed by atoms with van der Waals surface area (Å²) in [4.78, 5) is 38.5. The van der Waals surface area contributed by atoms with Crippen molar-refractivity contribution in [3.05, 3.63) is 61.6 Å². The van der Waals surface area contributed by atoms with Gasteiger partial charge in [-0.05, 0) is 58.4 Å². The largest absolute Gasteiger partial charge is 0.490 e. The normalized spacial score (nSPS) is 11.0. The quantitative estimate of drug-likeness (QED) is 0.0786. The number of pyridine rings is 1. The van der Waals surface area contributed by atoms with Gasteiger partial charge < -0.3 is 31.3 Å². The fraction of sp³-hybridized carbons (Fsp3) is 0.300. The Kier molecular flexibility index (Phi) is 12.3. The van der Waals surface area contributed by atoms with Crippen LogP contribution in [0.5, 0.6) is 0 Å². The number of hydrogen-bond acceptors (Lipinski definition) is 7. The zero-order chi connectivity index (χ0) is 29.1. The van der Waals surface area contributed by atoms with Crippen molar-refractivity contribution in [3.63, 3.8) is 0 Å². The Balaban J connectivity index is 0.000000905. The lowest BCUT2D eigenvalue weighted by atomic mass is 10.2. The molecule has 0 saturated heterocycles. The molecule has 0 saturated carbocycles. The van der Waals surface area contributed by atoms with Gasteiger partial charge in [0.25, 0.3) is 5.56 Å². The molecule has 0 bridgehead atoms. The Morgan fingerprint density at radius 2 is 1.79 bits per heavy atom. The molecule has 2 aromatic rings. The predicted molar refractivity (Wildman–Crippen MR) is 139 cm³/mol. The topological polar surface area (TPSA) is 208 Å². The number of carbonyl (C=O) groups excluding carboxylic acids is 1. The Hall–Kier alpha value is -3.55. The first-order valence-corrected chi connectivity index (χ1v) is 13.0. The van der Waals surface area contributed by atoms with Crippen LogP contribution < -0.4 is 27.1 Å². The average molecular weight is 676 g/mol. The third kappa shape index (κ3) is 11.7. The number of halogens is 4. The molecular weight excluding hydrogens is 652 g/mol. The first-order valence-electron chi connectivity index (χ1n) is 10.3. The second-order valence-electron chi connectivity index (χ2n) is 7.23. The lowest BCUT2D eigenvalue weighted by Crippen LogP contribution is -2.36. The van der Waals surface area contributed by atoms with Crippen LogP contribution in [0.2, 0.25) is 0 Å². The minimum absolute atomic E-state index is 0.0373. The third-order valence-electron chi connectivity index (χ3n) is 4.19. The molecule has 13 nitrogen and oxygen atoms in total. The first-order chi connectivity index (χ1) is 17.5. The summed E-state index contributed by atoms with van der Waals surface area (Å²) in [6.45, 7) is 1.50. The smallest absolute Gasteiger partial charge is 0.475 e. The molecular formula is C20H24F3IN6O7S. The minimum Gasteiger partial charge on any atom is -0.475 e. The van der Waals surface area contributed by atoms with E-state index in [-0.39, 0.29) is 37.1 Å². The van der Waals surface area contributed by atoms with E-state index in [1.807, 2.05) is 28.7 Å².